The number of carbonyl (C=O) groups excluding carboxylic acids is 1. The van der Waals surface area contributed by atoms with Crippen molar-refractivity contribution in [3.63, 3.8) is 0 Å². The molecule has 0 unspecified atom stereocenters. The third kappa shape index (κ3) is 7.79. The first-order valence-corrected chi connectivity index (χ1v) is 14.8. The molecule has 214 valence electrons. The van der Waals surface area contributed by atoms with Gasteiger partial charge in [0, 0.05) is 31.5 Å². The van der Waals surface area contributed by atoms with Gasteiger partial charge in [-0.25, -0.2) is 13.2 Å². The van der Waals surface area contributed by atoms with Gasteiger partial charge in [-0.15, -0.1) is 0 Å². The van der Waals surface area contributed by atoms with Crippen LogP contribution in [0.25, 0.3) is 5.65 Å². The number of hydrogen-bond donors (Lipinski definition) is 2. The van der Waals surface area contributed by atoms with Crippen molar-refractivity contribution in [3.05, 3.63) is 41.6 Å². The van der Waals surface area contributed by atoms with Crippen molar-refractivity contribution >= 4 is 33.2 Å². The van der Waals surface area contributed by atoms with E-state index in [0.717, 1.165) is 28.9 Å². The summed E-state index contributed by atoms with van der Waals surface area (Å²) in [5, 5.41) is 19.2. The summed E-state index contributed by atoms with van der Waals surface area (Å²) in [5.41, 5.74) is 1.85. The molecule has 0 atom stereocenters. The maximum absolute atomic E-state index is 12.6. The molecule has 2 N–H and O–H groups in total. The number of fused-ring (bicyclic) bond motifs is 1. The SMILES string of the molecule is CCCN(CCN(O)c1ccccc1CNc1nc(S(C)(=O)=O)nc2c(C(C)C)cnn12)C(=O)OC(C)(C)C. The molecule has 0 aliphatic rings. The monoisotopic (exact) mass is 561 g/mol. The molecule has 0 radical (unpaired) electrons. The largest absolute Gasteiger partial charge is 0.444 e. The second kappa shape index (κ2) is 12.2. The van der Waals surface area contributed by atoms with E-state index in [-0.39, 0.29) is 36.7 Å². The lowest BCUT2D eigenvalue weighted by atomic mass is 10.1. The maximum atomic E-state index is 12.6. The Morgan fingerprint density at radius 3 is 2.46 bits per heavy atom. The third-order valence-electron chi connectivity index (χ3n) is 5.76. The minimum Gasteiger partial charge on any atom is -0.444 e. The fourth-order valence-electron chi connectivity index (χ4n) is 3.88. The van der Waals surface area contributed by atoms with Crippen molar-refractivity contribution in [1.29, 1.82) is 0 Å². The van der Waals surface area contributed by atoms with Crippen molar-refractivity contribution in [2.45, 2.75) is 71.2 Å². The predicted octanol–water partition coefficient (Wildman–Crippen LogP) is 4.11. The molecule has 0 spiro atoms. The van der Waals surface area contributed by atoms with Crippen LogP contribution in [0.2, 0.25) is 0 Å². The van der Waals surface area contributed by atoms with Crippen molar-refractivity contribution in [3.8, 4) is 0 Å². The molecule has 0 saturated carbocycles. The summed E-state index contributed by atoms with van der Waals surface area (Å²) in [4.78, 5) is 22.6. The van der Waals surface area contributed by atoms with Crippen molar-refractivity contribution in [1.82, 2.24) is 24.5 Å². The van der Waals surface area contributed by atoms with Gasteiger partial charge in [0.1, 0.15) is 5.60 Å². The van der Waals surface area contributed by atoms with Gasteiger partial charge in [-0.05, 0) is 44.7 Å². The number of amides is 1. The van der Waals surface area contributed by atoms with E-state index in [2.05, 4.69) is 20.4 Å². The highest BCUT2D eigenvalue weighted by Crippen LogP contribution is 2.24. The number of benzene rings is 1. The van der Waals surface area contributed by atoms with Crippen LogP contribution in [0.5, 0.6) is 0 Å². The molecular weight excluding hydrogens is 522 g/mol. The molecule has 0 saturated heterocycles. The molecule has 0 aliphatic carbocycles. The standard InChI is InChI=1S/C26H39N7O5S/c1-8-13-31(25(34)38-26(4,5)6)14-15-32(35)21-12-10-9-11-19(21)16-27-23-30-24(39(7,36)37)29-22-20(18(2)3)17-28-33(22)23/h9-12,17-18,35H,8,13-16H2,1-7H3,(H,27,29,30). The van der Waals surface area contributed by atoms with Crippen LogP contribution >= 0.6 is 0 Å². The molecular formula is C26H39N7O5S. The first-order chi connectivity index (χ1) is 18.2. The number of aromatic nitrogens is 4. The summed E-state index contributed by atoms with van der Waals surface area (Å²) in [6.07, 6.45) is 3.04. The fraction of sp³-hybridized carbons (Fsp3) is 0.538. The number of nitrogens with zero attached hydrogens (tertiary/aromatic N) is 6. The third-order valence-corrected chi connectivity index (χ3v) is 6.61. The summed E-state index contributed by atoms with van der Waals surface area (Å²) < 4.78 is 31.6. The predicted molar refractivity (Wildman–Crippen MR) is 149 cm³/mol. The molecule has 2 heterocycles. The molecule has 3 aromatic rings. The van der Waals surface area contributed by atoms with Gasteiger partial charge in [0.15, 0.2) is 5.65 Å². The first kappa shape index (κ1) is 30.1. The zero-order valence-electron chi connectivity index (χ0n) is 23.7. The van der Waals surface area contributed by atoms with Crippen molar-refractivity contribution in [2.24, 2.45) is 0 Å². The number of nitrogens with one attached hydrogen (secondary N) is 1. The summed E-state index contributed by atoms with van der Waals surface area (Å²) in [6.45, 7) is 12.5. The van der Waals surface area contributed by atoms with Gasteiger partial charge in [0.05, 0.1) is 18.4 Å². The Balaban J connectivity index is 1.82. The van der Waals surface area contributed by atoms with Crippen LogP contribution in [-0.4, -0.2) is 75.7 Å². The number of para-hydroxylation sites is 1. The van der Waals surface area contributed by atoms with Gasteiger partial charge in [-0.2, -0.15) is 19.6 Å². The number of ether oxygens (including phenoxy) is 1. The summed E-state index contributed by atoms with van der Waals surface area (Å²) in [5.74, 6) is 0.292. The smallest absolute Gasteiger partial charge is 0.410 e. The van der Waals surface area contributed by atoms with E-state index < -0.39 is 21.5 Å². The maximum Gasteiger partial charge on any atom is 0.410 e. The van der Waals surface area contributed by atoms with Gasteiger partial charge in [0.25, 0.3) is 5.16 Å². The number of anilines is 2. The summed E-state index contributed by atoms with van der Waals surface area (Å²) >= 11 is 0. The lowest BCUT2D eigenvalue weighted by Gasteiger charge is -2.29. The van der Waals surface area contributed by atoms with Gasteiger partial charge in [-0.1, -0.05) is 39.0 Å². The highest BCUT2D eigenvalue weighted by molar-refractivity contribution is 7.90. The Kier molecular flexibility index (Phi) is 9.38. The average molecular weight is 562 g/mol. The van der Waals surface area contributed by atoms with Crippen LogP contribution in [0.4, 0.5) is 16.4 Å². The zero-order chi connectivity index (χ0) is 29.0. The summed E-state index contributed by atoms with van der Waals surface area (Å²) in [6, 6.07) is 7.23. The van der Waals surface area contributed by atoms with E-state index in [0.29, 0.717) is 17.9 Å². The van der Waals surface area contributed by atoms with Crippen LogP contribution in [0, 0.1) is 0 Å². The number of rotatable bonds is 11. The zero-order valence-corrected chi connectivity index (χ0v) is 24.5. The van der Waals surface area contributed by atoms with Crippen LogP contribution in [0.15, 0.2) is 35.6 Å². The van der Waals surface area contributed by atoms with Gasteiger partial charge in [0.2, 0.25) is 15.8 Å². The van der Waals surface area contributed by atoms with Crippen LogP contribution in [-0.2, 0) is 21.1 Å². The highest BCUT2D eigenvalue weighted by atomic mass is 32.2. The normalized spacial score (nSPS) is 12.1. The number of sulfone groups is 1. The number of hydroxylamine groups is 1. The minimum absolute atomic E-state index is 0.0780. The topological polar surface area (TPSA) is 142 Å². The molecule has 0 aliphatic heterocycles. The number of hydrogen-bond acceptors (Lipinski definition) is 10. The lowest BCUT2D eigenvalue weighted by molar-refractivity contribution is 0.0246. The van der Waals surface area contributed by atoms with E-state index in [4.69, 9.17) is 4.74 Å². The molecule has 39 heavy (non-hydrogen) atoms. The van der Waals surface area contributed by atoms with Crippen molar-refractivity contribution in [2.75, 3.05) is 36.3 Å². The molecule has 1 aromatic carbocycles. The Morgan fingerprint density at radius 1 is 1.15 bits per heavy atom. The molecule has 3 rings (SSSR count). The van der Waals surface area contributed by atoms with Gasteiger partial charge in [-0.3, -0.25) is 10.3 Å². The van der Waals surface area contributed by atoms with Crippen molar-refractivity contribution < 1.29 is 23.2 Å². The van der Waals surface area contributed by atoms with Gasteiger partial charge < -0.3 is 15.0 Å². The molecule has 1 amide bonds. The second-order valence-corrected chi connectivity index (χ2v) is 12.6. The second-order valence-electron chi connectivity index (χ2n) is 10.7. The Bertz CT molecular complexity index is 1400. The molecule has 0 bridgehead atoms. The van der Waals surface area contributed by atoms with E-state index >= 15 is 0 Å². The Hall–Kier alpha value is -3.45. The molecule has 12 nitrogen and oxygen atoms in total. The van der Waals surface area contributed by atoms with Gasteiger partial charge >= 0.3 is 6.09 Å². The summed E-state index contributed by atoms with van der Waals surface area (Å²) in [7, 11) is -3.67. The Labute approximate surface area is 229 Å². The molecule has 13 heteroatoms. The average Bonchev–Trinajstić information content (AvgIpc) is 3.28. The Morgan fingerprint density at radius 2 is 1.85 bits per heavy atom. The fourth-order valence-corrected chi connectivity index (χ4v) is 4.38. The highest BCUT2D eigenvalue weighted by Gasteiger charge is 2.23. The molecule has 2 aromatic heterocycles. The van der Waals surface area contributed by atoms with E-state index in [1.807, 2.05) is 53.7 Å². The van der Waals surface area contributed by atoms with Crippen LogP contribution < -0.4 is 10.4 Å². The first-order valence-electron chi connectivity index (χ1n) is 12.9. The van der Waals surface area contributed by atoms with E-state index in [1.54, 1.807) is 23.2 Å². The number of carbonyl (C=O) groups is 1. The van der Waals surface area contributed by atoms with Crippen LogP contribution in [0.3, 0.4) is 0 Å². The van der Waals surface area contributed by atoms with Crippen LogP contribution in [0.1, 0.15) is 65.0 Å². The lowest BCUT2D eigenvalue weighted by Crippen LogP contribution is -2.41. The minimum atomic E-state index is -3.67. The quantitative estimate of drug-likeness (QED) is 0.328. The van der Waals surface area contributed by atoms with E-state index in [1.165, 1.54) is 4.52 Å². The van der Waals surface area contributed by atoms with E-state index in [9.17, 15) is 18.4 Å². The molecule has 0 fully saturated rings.